The molecule has 0 saturated carbocycles. The number of aromatic nitrogens is 1. The average molecular weight is 287 g/mol. The van der Waals surface area contributed by atoms with E-state index in [-0.39, 0.29) is 6.04 Å². The summed E-state index contributed by atoms with van der Waals surface area (Å²) in [6, 6.07) is 11.1. The molecule has 20 heavy (non-hydrogen) atoms. The van der Waals surface area contributed by atoms with Crippen molar-refractivity contribution in [2.75, 3.05) is 0 Å². The smallest absolute Gasteiger partial charge is 0.134 e. The van der Waals surface area contributed by atoms with Crippen LogP contribution in [0.15, 0.2) is 40.8 Å². The Morgan fingerprint density at radius 1 is 1.10 bits per heavy atom. The molecule has 102 valence electrons. The molecule has 1 aromatic carbocycles. The number of nitrogens with zero attached hydrogens (tertiary/aromatic N) is 1. The first-order valence-corrected chi connectivity index (χ1v) is 6.80. The van der Waals surface area contributed by atoms with Crippen molar-refractivity contribution in [1.82, 2.24) is 4.98 Å². The largest absolute Gasteiger partial charge is 0.459 e. The van der Waals surface area contributed by atoms with E-state index < -0.39 is 0 Å². The Morgan fingerprint density at radius 2 is 1.80 bits per heavy atom. The molecule has 1 atom stereocenters. The highest BCUT2D eigenvalue weighted by atomic mass is 35.5. The van der Waals surface area contributed by atoms with E-state index in [0.717, 1.165) is 33.7 Å². The number of nitrogens with two attached hydrogens (primary N) is 1. The van der Waals surface area contributed by atoms with Crippen molar-refractivity contribution < 1.29 is 4.42 Å². The van der Waals surface area contributed by atoms with Gasteiger partial charge in [0, 0.05) is 21.8 Å². The average Bonchev–Trinajstić information content (AvgIpc) is 2.79. The third-order valence-corrected chi connectivity index (χ3v) is 3.50. The molecule has 0 amide bonds. The molecule has 0 fully saturated rings. The molecule has 0 aliphatic heterocycles. The minimum absolute atomic E-state index is 0.304. The topological polar surface area (TPSA) is 52.0 Å². The molecule has 0 radical (unpaired) electrons. The molecule has 0 saturated heterocycles. The van der Waals surface area contributed by atoms with Crippen LogP contribution in [-0.2, 0) is 0 Å². The van der Waals surface area contributed by atoms with Crippen molar-refractivity contribution >= 4 is 22.6 Å². The highest BCUT2D eigenvalue weighted by Crippen LogP contribution is 2.28. The van der Waals surface area contributed by atoms with Crippen LogP contribution >= 0.6 is 11.6 Å². The maximum Gasteiger partial charge on any atom is 0.134 e. The van der Waals surface area contributed by atoms with Crippen LogP contribution in [0, 0.1) is 13.8 Å². The van der Waals surface area contributed by atoms with Gasteiger partial charge in [-0.1, -0.05) is 11.6 Å². The normalized spacial score (nSPS) is 12.8. The van der Waals surface area contributed by atoms with Crippen LogP contribution < -0.4 is 5.73 Å². The number of benzene rings is 1. The fourth-order valence-corrected chi connectivity index (χ4v) is 2.58. The van der Waals surface area contributed by atoms with Gasteiger partial charge in [-0.3, -0.25) is 4.98 Å². The van der Waals surface area contributed by atoms with Crippen molar-refractivity contribution in [3.8, 4) is 0 Å². The molecule has 3 rings (SSSR count). The van der Waals surface area contributed by atoms with Gasteiger partial charge in [-0.2, -0.15) is 0 Å². The third kappa shape index (κ3) is 2.42. The van der Waals surface area contributed by atoms with E-state index in [1.165, 1.54) is 0 Å². The van der Waals surface area contributed by atoms with Gasteiger partial charge in [0.25, 0.3) is 0 Å². The molecule has 2 N–H and O–H groups in total. The van der Waals surface area contributed by atoms with Crippen LogP contribution in [0.25, 0.3) is 11.0 Å². The maximum atomic E-state index is 6.30. The second kappa shape index (κ2) is 4.93. The van der Waals surface area contributed by atoms with E-state index in [1.807, 2.05) is 50.2 Å². The third-order valence-electron chi connectivity index (χ3n) is 3.27. The van der Waals surface area contributed by atoms with E-state index in [9.17, 15) is 0 Å². The fourth-order valence-electron chi connectivity index (χ4n) is 2.40. The van der Waals surface area contributed by atoms with Crippen molar-refractivity contribution in [3.05, 3.63) is 64.1 Å². The van der Waals surface area contributed by atoms with Crippen LogP contribution in [0.2, 0.25) is 5.02 Å². The Hall–Kier alpha value is -1.84. The van der Waals surface area contributed by atoms with Gasteiger partial charge in [0.2, 0.25) is 0 Å². The van der Waals surface area contributed by atoms with Crippen LogP contribution in [0.1, 0.15) is 28.8 Å². The number of fused-ring (bicyclic) bond motifs is 1. The number of hydrogen-bond acceptors (Lipinski definition) is 3. The zero-order valence-electron chi connectivity index (χ0n) is 11.4. The highest BCUT2D eigenvalue weighted by molar-refractivity contribution is 6.31. The Balaban J connectivity index is 2.05. The molecule has 2 heterocycles. The number of hydrogen-bond donors (Lipinski definition) is 1. The number of furan rings is 1. The lowest BCUT2D eigenvalue weighted by Gasteiger charge is -2.10. The highest BCUT2D eigenvalue weighted by Gasteiger charge is 2.15. The molecule has 0 spiro atoms. The molecular weight excluding hydrogens is 272 g/mol. The lowest BCUT2D eigenvalue weighted by atomic mass is 10.0. The van der Waals surface area contributed by atoms with Crippen molar-refractivity contribution in [2.24, 2.45) is 5.73 Å². The van der Waals surface area contributed by atoms with Gasteiger partial charge in [0.15, 0.2) is 0 Å². The second-order valence-corrected chi connectivity index (χ2v) is 5.43. The minimum Gasteiger partial charge on any atom is -0.459 e. The summed E-state index contributed by atoms with van der Waals surface area (Å²) >= 11 is 5.98. The summed E-state index contributed by atoms with van der Waals surface area (Å²) in [7, 11) is 0. The van der Waals surface area contributed by atoms with Gasteiger partial charge in [-0.15, -0.1) is 0 Å². The van der Waals surface area contributed by atoms with E-state index in [4.69, 9.17) is 21.8 Å². The monoisotopic (exact) mass is 286 g/mol. The Labute approximate surface area is 122 Å². The van der Waals surface area contributed by atoms with E-state index in [1.54, 1.807) is 0 Å². The fraction of sp³-hybridized carbons (Fsp3) is 0.188. The number of halogens is 1. The van der Waals surface area contributed by atoms with Crippen LogP contribution in [0.3, 0.4) is 0 Å². The van der Waals surface area contributed by atoms with Crippen LogP contribution in [-0.4, -0.2) is 4.98 Å². The standard InChI is InChI=1S/C16H15ClN2O/c1-9-5-12(6-10(2)19-9)16(18)15-8-11-7-13(17)3-4-14(11)20-15/h3-8,16H,18H2,1-2H3. The van der Waals surface area contributed by atoms with E-state index in [0.29, 0.717) is 5.02 Å². The van der Waals surface area contributed by atoms with Crippen molar-refractivity contribution in [1.29, 1.82) is 0 Å². The predicted octanol–water partition coefficient (Wildman–Crippen LogP) is 4.15. The SMILES string of the molecule is Cc1cc(C(N)c2cc3cc(Cl)ccc3o2)cc(C)n1. The van der Waals surface area contributed by atoms with Gasteiger partial charge in [0.1, 0.15) is 11.3 Å². The Kier molecular flexibility index (Phi) is 3.24. The van der Waals surface area contributed by atoms with Gasteiger partial charge in [-0.25, -0.2) is 0 Å². The van der Waals surface area contributed by atoms with E-state index >= 15 is 0 Å². The van der Waals surface area contributed by atoms with E-state index in [2.05, 4.69) is 4.98 Å². The van der Waals surface area contributed by atoms with Crippen molar-refractivity contribution in [2.45, 2.75) is 19.9 Å². The molecule has 2 aromatic heterocycles. The van der Waals surface area contributed by atoms with Gasteiger partial charge >= 0.3 is 0 Å². The summed E-state index contributed by atoms with van der Waals surface area (Å²) < 4.78 is 5.81. The summed E-state index contributed by atoms with van der Waals surface area (Å²) in [5.41, 5.74) is 10.0. The molecule has 1 unspecified atom stereocenters. The summed E-state index contributed by atoms with van der Waals surface area (Å²) in [5, 5.41) is 1.65. The summed E-state index contributed by atoms with van der Waals surface area (Å²) in [4.78, 5) is 4.36. The first kappa shape index (κ1) is 13.2. The quantitative estimate of drug-likeness (QED) is 0.770. The predicted molar refractivity (Wildman–Crippen MR) is 81.0 cm³/mol. The summed E-state index contributed by atoms with van der Waals surface area (Å²) in [6.45, 7) is 3.92. The van der Waals surface area contributed by atoms with Gasteiger partial charge < -0.3 is 10.2 Å². The molecule has 4 heteroatoms. The molecule has 0 aliphatic rings. The number of rotatable bonds is 2. The minimum atomic E-state index is -0.304. The maximum absolute atomic E-state index is 6.30. The lowest BCUT2D eigenvalue weighted by Crippen LogP contribution is -2.11. The zero-order chi connectivity index (χ0) is 14.3. The molecule has 3 aromatic rings. The molecule has 0 aliphatic carbocycles. The molecular formula is C16H15ClN2O. The van der Waals surface area contributed by atoms with Gasteiger partial charge in [0.05, 0.1) is 6.04 Å². The van der Waals surface area contributed by atoms with Crippen LogP contribution in [0.4, 0.5) is 0 Å². The first-order chi connectivity index (χ1) is 9.52. The molecule has 0 bridgehead atoms. The van der Waals surface area contributed by atoms with Crippen molar-refractivity contribution in [3.63, 3.8) is 0 Å². The lowest BCUT2D eigenvalue weighted by molar-refractivity contribution is 0.524. The van der Waals surface area contributed by atoms with Crippen LogP contribution in [0.5, 0.6) is 0 Å². The summed E-state index contributed by atoms with van der Waals surface area (Å²) in [6.07, 6.45) is 0. The Bertz CT molecular complexity index is 759. The number of pyridine rings is 1. The number of aryl methyl sites for hydroxylation is 2. The zero-order valence-corrected chi connectivity index (χ0v) is 12.1. The second-order valence-electron chi connectivity index (χ2n) is 4.99. The first-order valence-electron chi connectivity index (χ1n) is 6.43. The summed E-state index contributed by atoms with van der Waals surface area (Å²) in [5.74, 6) is 0.729. The Morgan fingerprint density at radius 3 is 2.50 bits per heavy atom. The van der Waals surface area contributed by atoms with Gasteiger partial charge in [-0.05, 0) is 55.8 Å². The molecule has 3 nitrogen and oxygen atoms in total.